The molecule has 0 saturated heterocycles. The molecule has 1 amide bonds. The standard InChI is InChI=1S/C22H24ClN3O2/c1-14(2)17(15-7-9-16(23)10-8-15)11-12-24-21(27)13-20-18-5-3-4-6-19(18)22(28)26-25-20/h3-10,14,17H,11-13H2,1-2H3,(H,24,27)(H,26,28). The van der Waals surface area contributed by atoms with Crippen LogP contribution in [0.5, 0.6) is 0 Å². The highest BCUT2D eigenvalue weighted by molar-refractivity contribution is 6.30. The monoisotopic (exact) mass is 397 g/mol. The minimum atomic E-state index is -0.248. The smallest absolute Gasteiger partial charge is 0.272 e. The van der Waals surface area contributed by atoms with E-state index in [0.717, 1.165) is 11.4 Å². The van der Waals surface area contributed by atoms with Crippen molar-refractivity contribution >= 4 is 28.3 Å². The number of aromatic amines is 1. The Hall–Kier alpha value is -2.66. The van der Waals surface area contributed by atoms with Crippen molar-refractivity contribution in [1.29, 1.82) is 0 Å². The van der Waals surface area contributed by atoms with Crippen molar-refractivity contribution in [3.05, 3.63) is 75.2 Å². The lowest BCUT2D eigenvalue weighted by Gasteiger charge is -2.21. The fourth-order valence-electron chi connectivity index (χ4n) is 3.48. The summed E-state index contributed by atoms with van der Waals surface area (Å²) in [4.78, 5) is 24.3. The van der Waals surface area contributed by atoms with E-state index in [1.165, 1.54) is 5.56 Å². The largest absolute Gasteiger partial charge is 0.356 e. The van der Waals surface area contributed by atoms with Crippen LogP contribution in [-0.4, -0.2) is 22.6 Å². The molecule has 2 aromatic carbocycles. The Morgan fingerprint density at radius 2 is 1.79 bits per heavy atom. The number of aromatic nitrogens is 2. The minimum absolute atomic E-state index is 0.108. The second-order valence-corrected chi connectivity index (χ2v) is 7.70. The summed E-state index contributed by atoms with van der Waals surface area (Å²) in [6, 6.07) is 15.1. The fourth-order valence-corrected chi connectivity index (χ4v) is 3.61. The van der Waals surface area contributed by atoms with Crippen molar-refractivity contribution in [3.8, 4) is 0 Å². The number of hydrogen-bond acceptors (Lipinski definition) is 3. The molecule has 0 saturated carbocycles. The molecule has 0 radical (unpaired) electrons. The van der Waals surface area contributed by atoms with Crippen LogP contribution in [0.3, 0.4) is 0 Å². The van der Waals surface area contributed by atoms with Crippen molar-refractivity contribution in [2.24, 2.45) is 5.92 Å². The van der Waals surface area contributed by atoms with E-state index in [-0.39, 0.29) is 17.9 Å². The summed E-state index contributed by atoms with van der Waals surface area (Å²) >= 11 is 5.99. The maximum absolute atomic E-state index is 12.4. The van der Waals surface area contributed by atoms with Crippen LogP contribution in [0.4, 0.5) is 0 Å². The van der Waals surface area contributed by atoms with E-state index in [9.17, 15) is 9.59 Å². The summed E-state index contributed by atoms with van der Waals surface area (Å²) in [7, 11) is 0. The van der Waals surface area contributed by atoms with E-state index >= 15 is 0 Å². The van der Waals surface area contributed by atoms with E-state index in [1.807, 2.05) is 36.4 Å². The Bertz CT molecular complexity index is 1010. The van der Waals surface area contributed by atoms with Gasteiger partial charge >= 0.3 is 0 Å². The zero-order chi connectivity index (χ0) is 20.1. The maximum atomic E-state index is 12.4. The fraction of sp³-hybridized carbons (Fsp3) is 0.318. The molecular weight excluding hydrogens is 374 g/mol. The molecule has 0 bridgehead atoms. The number of carbonyl (C=O) groups excluding carboxylic acids is 1. The number of benzene rings is 2. The van der Waals surface area contributed by atoms with Crippen molar-refractivity contribution in [1.82, 2.24) is 15.5 Å². The van der Waals surface area contributed by atoms with Gasteiger partial charge in [0.1, 0.15) is 0 Å². The van der Waals surface area contributed by atoms with Crippen LogP contribution >= 0.6 is 11.6 Å². The van der Waals surface area contributed by atoms with Crippen LogP contribution in [0.1, 0.15) is 37.4 Å². The number of carbonyl (C=O) groups is 1. The Balaban J connectivity index is 1.62. The van der Waals surface area contributed by atoms with Gasteiger partial charge in [-0.25, -0.2) is 5.10 Å². The quantitative estimate of drug-likeness (QED) is 0.631. The number of nitrogens with zero attached hydrogens (tertiary/aromatic N) is 1. The van der Waals surface area contributed by atoms with Crippen molar-refractivity contribution < 1.29 is 4.79 Å². The molecular formula is C22H24ClN3O2. The lowest BCUT2D eigenvalue weighted by atomic mass is 9.86. The van der Waals surface area contributed by atoms with Crippen LogP contribution in [0.25, 0.3) is 10.8 Å². The van der Waals surface area contributed by atoms with Crippen LogP contribution in [0.2, 0.25) is 5.02 Å². The SMILES string of the molecule is CC(C)C(CCNC(=O)Cc1n[nH]c(=O)c2ccccc12)c1ccc(Cl)cc1. The summed E-state index contributed by atoms with van der Waals surface area (Å²) in [6.07, 6.45) is 0.968. The third-order valence-corrected chi connectivity index (χ3v) is 5.24. The summed E-state index contributed by atoms with van der Waals surface area (Å²) in [6.45, 7) is 4.93. The van der Waals surface area contributed by atoms with Crippen LogP contribution in [0.15, 0.2) is 53.3 Å². The first-order valence-corrected chi connectivity index (χ1v) is 9.82. The third-order valence-electron chi connectivity index (χ3n) is 4.98. The molecule has 28 heavy (non-hydrogen) atoms. The van der Waals surface area contributed by atoms with Crippen LogP contribution in [-0.2, 0) is 11.2 Å². The van der Waals surface area contributed by atoms with Crippen LogP contribution in [0, 0.1) is 5.92 Å². The Kier molecular flexibility index (Phi) is 6.47. The van der Waals surface area contributed by atoms with E-state index in [0.29, 0.717) is 34.8 Å². The second kappa shape index (κ2) is 9.02. The molecule has 1 unspecified atom stereocenters. The van der Waals surface area contributed by atoms with Crippen molar-refractivity contribution in [2.75, 3.05) is 6.54 Å². The molecule has 146 valence electrons. The highest BCUT2D eigenvalue weighted by atomic mass is 35.5. The summed E-state index contributed by atoms with van der Waals surface area (Å²) in [5.41, 5.74) is 1.55. The van der Waals surface area contributed by atoms with E-state index in [2.05, 4.69) is 29.4 Å². The number of halogens is 1. The zero-order valence-electron chi connectivity index (χ0n) is 16.0. The Morgan fingerprint density at radius 3 is 2.46 bits per heavy atom. The molecule has 0 aliphatic rings. The lowest BCUT2D eigenvalue weighted by Crippen LogP contribution is -2.28. The number of H-pyrrole nitrogens is 1. The zero-order valence-corrected chi connectivity index (χ0v) is 16.8. The summed E-state index contributed by atoms with van der Waals surface area (Å²) < 4.78 is 0. The predicted octanol–water partition coefficient (Wildman–Crippen LogP) is 4.07. The molecule has 2 N–H and O–H groups in total. The molecule has 1 atom stereocenters. The van der Waals surface area contributed by atoms with Gasteiger partial charge in [-0.2, -0.15) is 5.10 Å². The molecule has 0 fully saturated rings. The molecule has 5 nitrogen and oxygen atoms in total. The van der Waals surface area contributed by atoms with Gasteiger partial charge < -0.3 is 5.32 Å². The highest BCUT2D eigenvalue weighted by Gasteiger charge is 2.16. The van der Waals surface area contributed by atoms with Gasteiger partial charge in [-0.1, -0.05) is 55.8 Å². The minimum Gasteiger partial charge on any atom is -0.356 e. The first kappa shape index (κ1) is 20.1. The van der Waals surface area contributed by atoms with Gasteiger partial charge in [-0.15, -0.1) is 0 Å². The predicted molar refractivity (Wildman–Crippen MR) is 113 cm³/mol. The number of fused-ring (bicyclic) bond motifs is 1. The summed E-state index contributed by atoms with van der Waals surface area (Å²) in [5.74, 6) is 0.677. The van der Waals surface area contributed by atoms with Crippen molar-refractivity contribution in [3.63, 3.8) is 0 Å². The molecule has 3 aromatic rings. The van der Waals surface area contributed by atoms with E-state index < -0.39 is 0 Å². The van der Waals surface area contributed by atoms with Gasteiger partial charge in [0.15, 0.2) is 0 Å². The topological polar surface area (TPSA) is 74.8 Å². The van der Waals surface area contributed by atoms with Gasteiger partial charge in [0.25, 0.3) is 5.56 Å². The number of rotatable bonds is 7. The maximum Gasteiger partial charge on any atom is 0.272 e. The molecule has 0 spiro atoms. The highest BCUT2D eigenvalue weighted by Crippen LogP contribution is 2.28. The van der Waals surface area contributed by atoms with Gasteiger partial charge in [0.05, 0.1) is 17.5 Å². The second-order valence-electron chi connectivity index (χ2n) is 7.26. The molecule has 6 heteroatoms. The summed E-state index contributed by atoms with van der Waals surface area (Å²) in [5, 5.41) is 11.5. The molecule has 0 aliphatic heterocycles. The lowest BCUT2D eigenvalue weighted by molar-refractivity contribution is -0.120. The van der Waals surface area contributed by atoms with Gasteiger partial charge in [-0.3, -0.25) is 9.59 Å². The Labute approximate surface area is 169 Å². The first-order valence-electron chi connectivity index (χ1n) is 9.44. The van der Waals surface area contributed by atoms with Gasteiger partial charge in [-0.05, 0) is 42.0 Å². The molecule has 1 heterocycles. The first-order chi connectivity index (χ1) is 13.5. The molecule has 1 aromatic heterocycles. The molecule has 0 aliphatic carbocycles. The van der Waals surface area contributed by atoms with Crippen molar-refractivity contribution in [2.45, 2.75) is 32.6 Å². The van der Waals surface area contributed by atoms with E-state index in [1.54, 1.807) is 12.1 Å². The van der Waals surface area contributed by atoms with E-state index in [4.69, 9.17) is 11.6 Å². The third kappa shape index (κ3) is 4.78. The Morgan fingerprint density at radius 1 is 1.11 bits per heavy atom. The number of hydrogen-bond donors (Lipinski definition) is 2. The average Bonchev–Trinajstić information content (AvgIpc) is 2.68. The number of nitrogens with one attached hydrogen (secondary N) is 2. The normalized spacial score (nSPS) is 12.3. The average molecular weight is 398 g/mol. The van der Waals surface area contributed by atoms with Crippen LogP contribution < -0.4 is 10.9 Å². The number of amides is 1. The van der Waals surface area contributed by atoms with Gasteiger partial charge in [0.2, 0.25) is 5.91 Å². The molecule has 3 rings (SSSR count). The van der Waals surface area contributed by atoms with Gasteiger partial charge in [0, 0.05) is 17.0 Å².